The summed E-state index contributed by atoms with van der Waals surface area (Å²) in [7, 11) is 0. The molecule has 0 aliphatic carbocycles. The molecule has 2 amide bonds. The molecule has 126 valence electrons. The van der Waals surface area contributed by atoms with Crippen LogP contribution in [-0.4, -0.2) is 15.9 Å². The van der Waals surface area contributed by atoms with Crippen molar-refractivity contribution < 1.29 is 14.1 Å². The van der Waals surface area contributed by atoms with E-state index in [9.17, 15) is 14.9 Å². The Hall–Kier alpha value is -3.68. The molecule has 8 heteroatoms. The van der Waals surface area contributed by atoms with Gasteiger partial charge in [0.15, 0.2) is 12.2 Å². The molecule has 25 heavy (non-hydrogen) atoms. The molecule has 2 N–H and O–H groups in total. The monoisotopic (exact) mass is 338 g/mol. The Kier molecular flexibility index (Phi) is 4.42. The standard InChI is InChI=1S/C17H14N4O4/c1-11-7-13(5-6-15(11)16-9-18-10-25-16)20-17(22)19-12-3-2-4-14(8-12)21(23)24/h2-10H,1H3,(H2,19,20,22). The fraction of sp³-hybridized carbons (Fsp3) is 0.0588. The van der Waals surface area contributed by atoms with E-state index in [0.717, 1.165) is 11.1 Å². The first-order valence-corrected chi connectivity index (χ1v) is 7.35. The summed E-state index contributed by atoms with van der Waals surface area (Å²) in [5.74, 6) is 0.644. The van der Waals surface area contributed by atoms with Crippen molar-refractivity contribution in [2.45, 2.75) is 6.92 Å². The maximum absolute atomic E-state index is 12.1. The van der Waals surface area contributed by atoms with Gasteiger partial charge in [-0.3, -0.25) is 10.1 Å². The van der Waals surface area contributed by atoms with Gasteiger partial charge in [0.05, 0.1) is 11.1 Å². The van der Waals surface area contributed by atoms with Crippen LogP contribution in [0.5, 0.6) is 0 Å². The van der Waals surface area contributed by atoms with Crippen LogP contribution in [0.25, 0.3) is 11.3 Å². The molecule has 0 radical (unpaired) electrons. The minimum absolute atomic E-state index is 0.0925. The molecule has 3 aromatic rings. The van der Waals surface area contributed by atoms with E-state index < -0.39 is 11.0 Å². The fourth-order valence-corrected chi connectivity index (χ4v) is 2.36. The first kappa shape index (κ1) is 16.2. The Labute approximate surface area is 142 Å². The topological polar surface area (TPSA) is 110 Å². The largest absolute Gasteiger partial charge is 0.444 e. The van der Waals surface area contributed by atoms with Crippen LogP contribution in [0.1, 0.15) is 5.56 Å². The van der Waals surface area contributed by atoms with Crippen molar-refractivity contribution in [3.63, 3.8) is 0 Å². The molecule has 0 aliphatic heterocycles. The number of aryl methyl sites for hydroxylation is 1. The van der Waals surface area contributed by atoms with Gasteiger partial charge < -0.3 is 15.1 Å². The lowest BCUT2D eigenvalue weighted by molar-refractivity contribution is -0.384. The van der Waals surface area contributed by atoms with Crippen molar-refractivity contribution in [3.8, 4) is 11.3 Å². The zero-order chi connectivity index (χ0) is 17.8. The lowest BCUT2D eigenvalue weighted by Gasteiger charge is -2.10. The summed E-state index contributed by atoms with van der Waals surface area (Å²) in [6.45, 7) is 1.89. The number of carbonyl (C=O) groups is 1. The first-order chi connectivity index (χ1) is 12.0. The second-order valence-electron chi connectivity index (χ2n) is 5.28. The molecule has 0 saturated carbocycles. The van der Waals surface area contributed by atoms with Crippen LogP contribution in [0.15, 0.2) is 59.5 Å². The quantitative estimate of drug-likeness (QED) is 0.547. The number of oxazole rings is 1. The van der Waals surface area contributed by atoms with Crippen LogP contribution in [0.4, 0.5) is 21.9 Å². The molecule has 0 atom stereocenters. The van der Waals surface area contributed by atoms with Gasteiger partial charge in [0.2, 0.25) is 0 Å². The number of urea groups is 1. The normalized spacial score (nSPS) is 10.3. The minimum atomic E-state index is -0.519. The number of anilines is 2. The number of amides is 2. The van der Waals surface area contributed by atoms with Crippen molar-refractivity contribution in [1.29, 1.82) is 0 Å². The number of nitro benzene ring substituents is 1. The third-order valence-corrected chi connectivity index (χ3v) is 3.50. The van der Waals surface area contributed by atoms with Gasteiger partial charge in [-0.05, 0) is 36.8 Å². The number of aromatic nitrogens is 1. The highest BCUT2D eigenvalue weighted by Crippen LogP contribution is 2.25. The summed E-state index contributed by atoms with van der Waals surface area (Å²) in [5.41, 5.74) is 2.61. The minimum Gasteiger partial charge on any atom is -0.444 e. The van der Waals surface area contributed by atoms with E-state index in [-0.39, 0.29) is 5.69 Å². The lowest BCUT2D eigenvalue weighted by Crippen LogP contribution is -2.19. The Balaban J connectivity index is 1.70. The molecular weight excluding hydrogens is 324 g/mol. The first-order valence-electron chi connectivity index (χ1n) is 7.35. The van der Waals surface area contributed by atoms with Gasteiger partial charge in [-0.1, -0.05) is 6.07 Å². The predicted octanol–water partition coefficient (Wildman–Crippen LogP) is 4.20. The molecular formula is C17H14N4O4. The summed E-state index contributed by atoms with van der Waals surface area (Å²) in [6.07, 6.45) is 2.97. The Morgan fingerprint density at radius 1 is 1.16 bits per heavy atom. The number of rotatable bonds is 4. The Morgan fingerprint density at radius 2 is 1.92 bits per heavy atom. The molecule has 1 heterocycles. The third kappa shape index (κ3) is 3.81. The van der Waals surface area contributed by atoms with E-state index in [1.54, 1.807) is 24.4 Å². The number of non-ortho nitro benzene ring substituents is 1. The lowest BCUT2D eigenvalue weighted by atomic mass is 10.1. The number of hydrogen-bond acceptors (Lipinski definition) is 5. The van der Waals surface area contributed by atoms with Crippen LogP contribution in [0.3, 0.4) is 0 Å². The van der Waals surface area contributed by atoms with Gasteiger partial charge in [-0.2, -0.15) is 0 Å². The zero-order valence-corrected chi connectivity index (χ0v) is 13.2. The number of nitro groups is 1. The van der Waals surface area contributed by atoms with Gasteiger partial charge >= 0.3 is 6.03 Å². The van der Waals surface area contributed by atoms with E-state index in [1.807, 2.05) is 13.0 Å². The molecule has 0 unspecified atom stereocenters. The maximum atomic E-state index is 12.1. The number of carbonyl (C=O) groups excluding carboxylic acids is 1. The van der Waals surface area contributed by atoms with Gasteiger partial charge in [0.1, 0.15) is 0 Å². The van der Waals surface area contributed by atoms with Crippen LogP contribution in [-0.2, 0) is 0 Å². The molecule has 3 rings (SSSR count). The number of benzene rings is 2. The Bertz CT molecular complexity index is 922. The summed E-state index contributed by atoms with van der Waals surface area (Å²) < 4.78 is 5.27. The number of nitrogens with one attached hydrogen (secondary N) is 2. The van der Waals surface area contributed by atoms with Gasteiger partial charge in [0.25, 0.3) is 5.69 Å². The molecule has 0 aliphatic rings. The number of hydrogen-bond donors (Lipinski definition) is 2. The smallest absolute Gasteiger partial charge is 0.323 e. The van der Waals surface area contributed by atoms with E-state index in [1.165, 1.54) is 24.6 Å². The highest BCUT2D eigenvalue weighted by Gasteiger charge is 2.10. The molecule has 0 spiro atoms. The van der Waals surface area contributed by atoms with Gasteiger partial charge in [-0.15, -0.1) is 0 Å². The second-order valence-corrected chi connectivity index (χ2v) is 5.28. The number of nitrogens with zero attached hydrogens (tertiary/aromatic N) is 2. The summed E-state index contributed by atoms with van der Waals surface area (Å²) >= 11 is 0. The van der Waals surface area contributed by atoms with Crippen molar-refractivity contribution in [3.05, 3.63) is 70.7 Å². The van der Waals surface area contributed by atoms with Crippen molar-refractivity contribution in [1.82, 2.24) is 4.98 Å². The predicted molar refractivity (Wildman–Crippen MR) is 92.4 cm³/mol. The third-order valence-electron chi connectivity index (χ3n) is 3.50. The van der Waals surface area contributed by atoms with E-state index in [4.69, 9.17) is 4.42 Å². The van der Waals surface area contributed by atoms with E-state index in [2.05, 4.69) is 15.6 Å². The fourth-order valence-electron chi connectivity index (χ4n) is 2.36. The van der Waals surface area contributed by atoms with Crippen molar-refractivity contribution >= 4 is 23.1 Å². The SMILES string of the molecule is Cc1cc(NC(=O)Nc2cccc([N+](=O)[O-])c2)ccc1-c1cnco1. The molecule has 0 fully saturated rings. The molecule has 0 saturated heterocycles. The van der Waals surface area contributed by atoms with Gasteiger partial charge in [0, 0.05) is 29.1 Å². The molecule has 2 aromatic carbocycles. The van der Waals surface area contributed by atoms with Gasteiger partial charge in [-0.25, -0.2) is 9.78 Å². The highest BCUT2D eigenvalue weighted by atomic mass is 16.6. The Morgan fingerprint density at radius 3 is 2.56 bits per heavy atom. The highest BCUT2D eigenvalue weighted by molar-refractivity contribution is 6.00. The summed E-state index contributed by atoms with van der Waals surface area (Å²) in [5, 5.41) is 16.0. The summed E-state index contributed by atoms with van der Waals surface area (Å²) in [6, 6.07) is 10.6. The second kappa shape index (κ2) is 6.83. The van der Waals surface area contributed by atoms with Crippen LogP contribution in [0.2, 0.25) is 0 Å². The molecule has 0 bridgehead atoms. The maximum Gasteiger partial charge on any atom is 0.323 e. The van der Waals surface area contributed by atoms with Crippen molar-refractivity contribution in [2.75, 3.05) is 10.6 Å². The van der Waals surface area contributed by atoms with Crippen LogP contribution in [0, 0.1) is 17.0 Å². The van der Waals surface area contributed by atoms with E-state index >= 15 is 0 Å². The van der Waals surface area contributed by atoms with Crippen LogP contribution >= 0.6 is 0 Å². The average Bonchev–Trinajstić information content (AvgIpc) is 3.09. The zero-order valence-electron chi connectivity index (χ0n) is 13.2. The molecule has 8 nitrogen and oxygen atoms in total. The summed E-state index contributed by atoms with van der Waals surface area (Å²) in [4.78, 5) is 26.2. The van der Waals surface area contributed by atoms with Crippen molar-refractivity contribution in [2.24, 2.45) is 0 Å². The van der Waals surface area contributed by atoms with E-state index in [0.29, 0.717) is 17.1 Å². The molecule has 1 aromatic heterocycles. The average molecular weight is 338 g/mol. The van der Waals surface area contributed by atoms with Crippen LogP contribution < -0.4 is 10.6 Å².